The minimum absolute atomic E-state index is 0.0506. The summed E-state index contributed by atoms with van der Waals surface area (Å²) in [5.41, 5.74) is 9.51. The number of halogens is 1. The Morgan fingerprint density at radius 3 is 1.64 bits per heavy atom. The number of likely N-dealkylation sites (tertiary alicyclic amines) is 1. The second kappa shape index (κ2) is 40.5. The first-order valence-corrected chi connectivity index (χ1v) is 54.0. The average Bonchev–Trinajstić information content (AvgIpc) is 1.57. The number of Topliss-reactive ketones (excluding diaryl/α,β-unsaturated/α-hetero) is 2. The highest BCUT2D eigenvalue weighted by Gasteiger charge is 2.63. The van der Waals surface area contributed by atoms with Crippen molar-refractivity contribution >= 4 is 124 Å². The number of amides is 5. The molecule has 5 aliphatic carbocycles. The van der Waals surface area contributed by atoms with Gasteiger partial charge in [0.2, 0.25) is 49.0 Å². The molecule has 4 saturated carbocycles. The number of para-hydroxylation sites is 2. The van der Waals surface area contributed by atoms with E-state index in [-0.39, 0.29) is 110 Å². The average molecular weight is 1940 g/mol. The summed E-state index contributed by atoms with van der Waals surface area (Å²) < 4.78 is 77.8. The van der Waals surface area contributed by atoms with Crippen LogP contribution in [0.4, 0.5) is 4.79 Å². The molecule has 0 spiro atoms. The van der Waals surface area contributed by atoms with E-state index in [1.807, 2.05) is 69.5 Å². The molecule has 11 aliphatic rings. The molecule has 28 nitrogen and oxygen atoms in total. The number of nitrogens with zero attached hydrogens (tertiary/aromatic N) is 9. The molecule has 4 saturated heterocycles. The molecule has 19 rings (SSSR count). The van der Waals surface area contributed by atoms with Crippen LogP contribution >= 0.6 is 34.3 Å². The van der Waals surface area contributed by atoms with Gasteiger partial charge in [-0.1, -0.05) is 118 Å². The van der Waals surface area contributed by atoms with E-state index < -0.39 is 95.0 Å². The summed E-state index contributed by atoms with van der Waals surface area (Å²) in [7, 11) is -7.57. The minimum atomic E-state index is -3.86. The number of ether oxygens (including phenoxy) is 3. The Bertz CT molecular complexity index is 6050. The number of benzene rings is 4. The molecule has 6 aliphatic heterocycles. The molecule has 8 fully saturated rings. The number of allylic oxidation sites excluding steroid dienone is 4. The molecule has 5 amide bonds. The lowest BCUT2D eigenvalue weighted by atomic mass is 9.90. The molecule has 0 radical (unpaired) electrons. The lowest BCUT2D eigenvalue weighted by Crippen LogP contribution is -2.46. The van der Waals surface area contributed by atoms with Gasteiger partial charge < -0.3 is 43.9 Å². The van der Waals surface area contributed by atoms with E-state index in [2.05, 4.69) is 119 Å². The fourth-order valence-electron chi connectivity index (χ4n) is 21.2. The van der Waals surface area contributed by atoms with Crippen molar-refractivity contribution in [3.8, 4) is 38.3 Å². The number of carbonyl (C=O) groups is 8. The molecular weight excluding hydrogens is 1810 g/mol. The van der Waals surface area contributed by atoms with Gasteiger partial charge in [0.25, 0.3) is 6.01 Å². The van der Waals surface area contributed by atoms with Crippen molar-refractivity contribution in [2.45, 2.75) is 286 Å². The number of aliphatic hydroxyl groups is 1. The lowest BCUT2D eigenvalue weighted by Gasteiger charge is -2.31. The highest BCUT2D eigenvalue weighted by molar-refractivity contribution is 7.91. The van der Waals surface area contributed by atoms with Crippen molar-refractivity contribution in [2.24, 2.45) is 34.5 Å². The molecule has 0 bridgehead atoms. The van der Waals surface area contributed by atoms with Gasteiger partial charge in [0, 0.05) is 109 Å². The second-order valence-corrected chi connectivity index (χ2v) is 46.7. The monoisotopic (exact) mass is 1940 g/mol. The van der Waals surface area contributed by atoms with Crippen LogP contribution in [0.2, 0.25) is 5.28 Å². The maximum absolute atomic E-state index is 14.8. The summed E-state index contributed by atoms with van der Waals surface area (Å²) in [5, 5.41) is 19.2. The first-order chi connectivity index (χ1) is 64.7. The van der Waals surface area contributed by atoms with Crippen molar-refractivity contribution < 1.29 is 74.5 Å². The minimum Gasteiger partial charge on any atom is -0.460 e. The maximum atomic E-state index is 14.8. The topological polar surface area (TPSA) is 360 Å². The van der Waals surface area contributed by atoms with Gasteiger partial charge in [0.1, 0.15) is 39.4 Å². The third-order valence-corrected chi connectivity index (χ3v) is 34.8. The molecular formula is C102H127ClN12O16S4. The number of esters is 1. The SMILES string of the molecule is CC(C)n1c(Cl)nc2c(-c3nc(C4CCN(C(=O)OCC5c6ccccc6-c6ccccc65)CC4)cs3)cccc21.CC(C)n1c(O[C@@H]2C[C@H]3C(=O)C[C@]4(C(=O)NS(=O)(=O)C5CC5)C[C@H]4/C=C\CCCCC[C@H](CC(=O)OC(C)(C)C)C(=O)N3C2)nc2c(-c3nc(C4CCNCC4)cs3)cccc21.C[C@H]1CCCCC/C=C\[C@@H]2C[C@@]2(C(=O)NS(=O)(=O)C2CC2)CC(=O)[C@@H]2C[C@@H](O)CN2C1=O. The molecule has 8 aromatic rings. The smallest absolute Gasteiger partial charge is 0.409 e. The molecule has 33 heteroatoms. The number of fused-ring (bicyclic) bond motifs is 9. The van der Waals surface area contributed by atoms with E-state index >= 15 is 0 Å². The molecule has 4 N–H and O–H groups in total. The van der Waals surface area contributed by atoms with Gasteiger partial charge in [-0.05, 0) is 234 Å². The number of carbonyl (C=O) groups excluding carboxylic acids is 8. The van der Waals surface area contributed by atoms with Crippen LogP contribution < -0.4 is 19.5 Å². The number of piperidine rings is 2. The Kier molecular flexibility index (Phi) is 29.1. The number of thiazole rings is 2. The van der Waals surface area contributed by atoms with Crippen LogP contribution in [-0.2, 0) is 63.1 Å². The number of hydrogen-bond acceptors (Lipinski definition) is 23. The summed E-state index contributed by atoms with van der Waals surface area (Å²) in [6.45, 7) is 19.4. The Hall–Kier alpha value is -9.57. The molecule has 10 atom stereocenters. The zero-order valence-corrected chi connectivity index (χ0v) is 82.5. The van der Waals surface area contributed by atoms with Crippen LogP contribution in [0.5, 0.6) is 6.01 Å². The summed E-state index contributed by atoms with van der Waals surface area (Å²) in [6.07, 6.45) is 20.8. The van der Waals surface area contributed by atoms with Crippen LogP contribution in [0, 0.1) is 34.5 Å². The largest absolute Gasteiger partial charge is 0.460 e. The number of aliphatic hydroxyl groups excluding tert-OH is 1. The van der Waals surface area contributed by atoms with Crippen LogP contribution in [0.3, 0.4) is 0 Å². The molecule has 10 heterocycles. The van der Waals surface area contributed by atoms with E-state index in [9.17, 15) is 60.3 Å². The van der Waals surface area contributed by atoms with Crippen molar-refractivity contribution in [1.29, 1.82) is 0 Å². The van der Waals surface area contributed by atoms with Crippen LogP contribution in [-0.4, -0.2) is 199 Å². The fourth-order valence-corrected chi connectivity index (χ4v) is 26.2. The number of rotatable bonds is 18. The molecule has 4 aromatic heterocycles. The summed E-state index contributed by atoms with van der Waals surface area (Å²) in [5.74, 6) is -3.48. The zero-order chi connectivity index (χ0) is 95.2. The van der Waals surface area contributed by atoms with Crippen LogP contribution in [0.15, 0.2) is 120 Å². The first kappa shape index (κ1) is 97.1. The van der Waals surface area contributed by atoms with E-state index in [1.54, 1.807) is 48.3 Å². The maximum Gasteiger partial charge on any atom is 0.409 e. The number of ketones is 2. The van der Waals surface area contributed by atoms with Crippen molar-refractivity contribution in [3.05, 3.63) is 148 Å². The zero-order valence-electron chi connectivity index (χ0n) is 78.4. The first-order valence-electron chi connectivity index (χ1n) is 48.7. The Morgan fingerprint density at radius 2 is 1.10 bits per heavy atom. The van der Waals surface area contributed by atoms with Crippen LogP contribution in [0.1, 0.15) is 268 Å². The normalized spacial score (nSPS) is 26.1. The van der Waals surface area contributed by atoms with E-state index in [0.717, 1.165) is 145 Å². The van der Waals surface area contributed by atoms with Gasteiger partial charge >= 0.3 is 12.1 Å². The summed E-state index contributed by atoms with van der Waals surface area (Å²) >= 11 is 9.74. The standard InChI is InChI=1S/C46H62N6O8S2.C33H31ClN4O2S.C23H34N2O6S/c1-28(2)52-36-15-11-14-34(41-48-35(27-61-41)29-18-20-47-21-19-29)40(36)49-44(52)59-32-23-37-38(53)25-46(43(56)50-62(57,58)33-16-17-33)24-31(46)13-10-8-6-7-9-12-30(42(55)51(37)26-32)22-39(54)60-45(3,4)5;1-20(2)38-29-13-7-12-26(30(29)36-32(38)34)31-35-28(19-41-31)21-14-16-37(17-15-21)33(39)40-18-27-24-10-5-3-8-22(24)23-9-4-6-11-25(23)27;1-15-7-5-3-2-4-6-8-16-12-23(16,22(29)24-32(30,31)18-9-10-18)13-20(27)19-11-17(26)14-25(19)21(15)28/h10-11,13-15,27-33,37,47H,6-9,12,16-26H2,1-5H3,(H,50,56);3-13,19-21,27H,14-18H2,1-2H3;6,8,15-19,26H,2-5,7,9-14H2,1H3,(H,24,29)/b13-10-;;8-6-/t30-,31-,32-,37+,46-;;15-,16+,17+,19-,23+/m1.0/s1. The van der Waals surface area contributed by atoms with E-state index in [4.69, 9.17) is 40.8 Å². The number of imidazole rings is 2. The fraction of sp³-hybridized carbons (Fsp3) is 0.569. The van der Waals surface area contributed by atoms with Gasteiger partial charge in [0.05, 0.1) is 74.9 Å². The molecule has 135 heavy (non-hydrogen) atoms. The van der Waals surface area contributed by atoms with E-state index in [0.29, 0.717) is 94.2 Å². The lowest BCUT2D eigenvalue weighted by molar-refractivity contribution is -0.159. The van der Waals surface area contributed by atoms with Crippen molar-refractivity contribution in [3.63, 3.8) is 0 Å². The predicted octanol–water partition coefficient (Wildman–Crippen LogP) is 17.2. The highest BCUT2D eigenvalue weighted by Crippen LogP contribution is 2.59. The van der Waals surface area contributed by atoms with E-state index in [1.165, 1.54) is 27.2 Å². The molecule has 0 unspecified atom stereocenters. The summed E-state index contributed by atoms with van der Waals surface area (Å²) in [6, 6.07) is 27.9. The van der Waals surface area contributed by atoms with Gasteiger partial charge in [-0.15, -0.1) is 22.7 Å². The van der Waals surface area contributed by atoms with Crippen molar-refractivity contribution in [2.75, 3.05) is 45.9 Å². The van der Waals surface area contributed by atoms with Gasteiger partial charge in [-0.25, -0.2) is 36.6 Å². The Labute approximate surface area is 803 Å². The number of aromatic nitrogens is 6. The second-order valence-electron chi connectivity index (χ2n) is 40.8. The molecule has 722 valence electrons. The van der Waals surface area contributed by atoms with Gasteiger partial charge in [-0.2, -0.15) is 4.98 Å². The van der Waals surface area contributed by atoms with Crippen LogP contribution in [0.25, 0.3) is 54.3 Å². The number of nitrogens with one attached hydrogen (secondary N) is 3. The quantitative estimate of drug-likeness (QED) is 0.0458. The third kappa shape index (κ3) is 21.5. The van der Waals surface area contributed by atoms with Gasteiger partial charge in [0.15, 0.2) is 11.6 Å². The van der Waals surface area contributed by atoms with Crippen molar-refractivity contribution in [1.82, 2.24) is 58.5 Å². The van der Waals surface area contributed by atoms with Gasteiger partial charge in [-0.3, -0.25) is 47.6 Å². The predicted molar refractivity (Wildman–Crippen MR) is 520 cm³/mol. The number of hydrogen-bond donors (Lipinski definition) is 4. The molecule has 4 aromatic carbocycles. The Balaban J connectivity index is 0.000000150. The number of sulfonamides is 2. The summed E-state index contributed by atoms with van der Waals surface area (Å²) in [4.78, 5) is 134. The third-order valence-electron chi connectivity index (χ3n) is 29.1. The Morgan fingerprint density at radius 1 is 0.593 bits per heavy atom. The highest BCUT2D eigenvalue weighted by atomic mass is 35.5.